The molecule has 2 N–H and O–H groups in total. The fraction of sp³-hybridized carbons (Fsp3) is 0. The van der Waals surface area contributed by atoms with Crippen LogP contribution in [0.4, 0.5) is 21.7 Å². The number of rotatable bonds is 4. The van der Waals surface area contributed by atoms with Gasteiger partial charge in [-0.15, -0.1) is 0 Å². The lowest BCUT2D eigenvalue weighted by atomic mass is 10.2. The van der Waals surface area contributed by atoms with Gasteiger partial charge < -0.3 is 10.6 Å². The highest BCUT2D eigenvalue weighted by molar-refractivity contribution is 6.31. The van der Waals surface area contributed by atoms with Crippen molar-refractivity contribution in [2.45, 2.75) is 0 Å². The van der Waals surface area contributed by atoms with Gasteiger partial charge in [-0.1, -0.05) is 29.8 Å². The first kappa shape index (κ1) is 15.9. The molecule has 0 atom stereocenters. The van der Waals surface area contributed by atoms with E-state index in [-0.39, 0.29) is 10.6 Å². The molecule has 2 aromatic carbocycles. The van der Waals surface area contributed by atoms with Gasteiger partial charge in [-0.2, -0.15) is 0 Å². The van der Waals surface area contributed by atoms with Gasteiger partial charge in [-0.3, -0.25) is 4.79 Å². The van der Waals surface area contributed by atoms with Crippen molar-refractivity contribution in [2.75, 3.05) is 10.6 Å². The normalized spacial score (nSPS) is 10.2. The summed E-state index contributed by atoms with van der Waals surface area (Å²) < 4.78 is 13.1. The van der Waals surface area contributed by atoms with E-state index in [0.717, 1.165) is 5.69 Å². The van der Waals surface area contributed by atoms with Crippen molar-refractivity contribution in [3.8, 4) is 0 Å². The first-order chi connectivity index (χ1) is 11.6. The third-order valence-electron chi connectivity index (χ3n) is 3.12. The number of nitrogens with zero attached hydrogens (tertiary/aromatic N) is 2. The van der Waals surface area contributed by atoms with E-state index in [4.69, 9.17) is 11.6 Å². The van der Waals surface area contributed by atoms with Crippen molar-refractivity contribution >= 4 is 34.8 Å². The van der Waals surface area contributed by atoms with Crippen molar-refractivity contribution < 1.29 is 9.18 Å². The molecule has 120 valence electrons. The number of nitrogens with one attached hydrogen (secondary N) is 2. The SMILES string of the molecule is O=C(Nc1ccc(F)c(Cl)c1)c1cnc(Nc2ccccc2)nc1. The van der Waals surface area contributed by atoms with E-state index >= 15 is 0 Å². The summed E-state index contributed by atoms with van der Waals surface area (Å²) in [6.07, 6.45) is 2.80. The maximum atomic E-state index is 13.1. The van der Waals surface area contributed by atoms with Gasteiger partial charge in [-0.05, 0) is 30.3 Å². The molecule has 0 unspecified atom stereocenters. The van der Waals surface area contributed by atoms with Gasteiger partial charge in [0, 0.05) is 23.8 Å². The number of hydrogen-bond donors (Lipinski definition) is 2. The second-order valence-corrected chi connectivity index (χ2v) is 5.28. The van der Waals surface area contributed by atoms with E-state index in [2.05, 4.69) is 20.6 Å². The minimum absolute atomic E-state index is 0.0635. The molecule has 0 radical (unpaired) electrons. The monoisotopic (exact) mass is 342 g/mol. The maximum Gasteiger partial charge on any atom is 0.258 e. The highest BCUT2D eigenvalue weighted by Crippen LogP contribution is 2.20. The molecule has 1 amide bonds. The van der Waals surface area contributed by atoms with E-state index in [1.54, 1.807) is 0 Å². The molecule has 0 aliphatic carbocycles. The lowest BCUT2D eigenvalue weighted by molar-refractivity contribution is 0.102. The minimum Gasteiger partial charge on any atom is -0.324 e. The number of halogens is 2. The summed E-state index contributed by atoms with van der Waals surface area (Å²) in [6, 6.07) is 13.4. The smallest absolute Gasteiger partial charge is 0.258 e. The van der Waals surface area contributed by atoms with E-state index in [9.17, 15) is 9.18 Å². The number of hydrogen-bond acceptors (Lipinski definition) is 4. The molecule has 1 aromatic heterocycles. The molecule has 3 aromatic rings. The third kappa shape index (κ3) is 3.85. The zero-order chi connectivity index (χ0) is 16.9. The van der Waals surface area contributed by atoms with Crippen LogP contribution in [-0.2, 0) is 0 Å². The Morgan fingerprint density at radius 1 is 1.00 bits per heavy atom. The van der Waals surface area contributed by atoms with Crippen molar-refractivity contribution in [3.05, 3.63) is 77.3 Å². The number of aromatic nitrogens is 2. The Hall–Kier alpha value is -2.99. The fourth-order valence-corrected chi connectivity index (χ4v) is 2.12. The Kier molecular flexibility index (Phi) is 4.67. The van der Waals surface area contributed by atoms with Crippen LogP contribution in [0.25, 0.3) is 0 Å². The summed E-state index contributed by atoms with van der Waals surface area (Å²) in [5.74, 6) is -0.583. The molecule has 0 spiro atoms. The Labute approximate surface area is 142 Å². The predicted octanol–water partition coefficient (Wildman–Crippen LogP) is 4.27. The van der Waals surface area contributed by atoms with E-state index in [1.165, 1.54) is 30.6 Å². The molecule has 7 heteroatoms. The van der Waals surface area contributed by atoms with Crippen molar-refractivity contribution in [3.63, 3.8) is 0 Å². The van der Waals surface area contributed by atoms with Crippen molar-refractivity contribution in [1.29, 1.82) is 0 Å². The first-order valence-corrected chi connectivity index (χ1v) is 7.40. The lowest BCUT2D eigenvalue weighted by Gasteiger charge is -2.07. The van der Waals surface area contributed by atoms with Gasteiger partial charge in [0.25, 0.3) is 5.91 Å². The van der Waals surface area contributed by atoms with Gasteiger partial charge in [0.05, 0.1) is 10.6 Å². The topological polar surface area (TPSA) is 66.9 Å². The second kappa shape index (κ2) is 7.06. The summed E-state index contributed by atoms with van der Waals surface area (Å²) in [5.41, 5.74) is 1.50. The Morgan fingerprint density at radius 2 is 1.71 bits per heavy atom. The Bertz CT molecular complexity index is 856. The van der Waals surface area contributed by atoms with Crippen LogP contribution in [0, 0.1) is 5.82 Å². The Morgan fingerprint density at radius 3 is 2.38 bits per heavy atom. The van der Waals surface area contributed by atoms with E-state index in [1.807, 2.05) is 30.3 Å². The van der Waals surface area contributed by atoms with Crippen LogP contribution in [0.5, 0.6) is 0 Å². The number of carbonyl (C=O) groups excluding carboxylic acids is 1. The highest BCUT2D eigenvalue weighted by Gasteiger charge is 2.09. The van der Waals surface area contributed by atoms with Gasteiger partial charge in [0.2, 0.25) is 5.95 Å². The standard InChI is InChI=1S/C17H12ClFN4O/c18-14-8-13(6-7-15(14)19)22-16(24)11-9-20-17(21-10-11)23-12-4-2-1-3-5-12/h1-10H,(H,22,24)(H,20,21,23). The summed E-state index contributed by atoms with van der Waals surface area (Å²) in [5, 5.41) is 5.56. The Balaban J connectivity index is 1.68. The molecule has 0 aliphatic rings. The molecule has 0 aliphatic heterocycles. The predicted molar refractivity (Wildman–Crippen MR) is 91.1 cm³/mol. The van der Waals surface area contributed by atoms with E-state index in [0.29, 0.717) is 11.6 Å². The molecule has 24 heavy (non-hydrogen) atoms. The molecular weight excluding hydrogens is 331 g/mol. The molecule has 3 rings (SSSR count). The first-order valence-electron chi connectivity index (χ1n) is 7.02. The van der Waals surface area contributed by atoms with Crippen LogP contribution < -0.4 is 10.6 Å². The van der Waals surface area contributed by atoms with Crippen LogP contribution in [0.15, 0.2) is 60.9 Å². The number of carbonyl (C=O) groups is 1. The second-order valence-electron chi connectivity index (χ2n) is 4.87. The maximum absolute atomic E-state index is 13.1. The molecule has 5 nitrogen and oxygen atoms in total. The van der Waals surface area contributed by atoms with Gasteiger partial charge in [-0.25, -0.2) is 14.4 Å². The van der Waals surface area contributed by atoms with Crippen LogP contribution in [0.3, 0.4) is 0 Å². The molecule has 0 fully saturated rings. The largest absolute Gasteiger partial charge is 0.324 e. The van der Waals surface area contributed by atoms with Gasteiger partial charge in [0.1, 0.15) is 5.82 Å². The zero-order valence-electron chi connectivity index (χ0n) is 12.3. The quantitative estimate of drug-likeness (QED) is 0.743. The number of amides is 1. The average molecular weight is 343 g/mol. The van der Waals surface area contributed by atoms with Crippen LogP contribution in [0.1, 0.15) is 10.4 Å². The molecule has 0 saturated heterocycles. The average Bonchev–Trinajstić information content (AvgIpc) is 2.60. The van der Waals surface area contributed by atoms with Gasteiger partial charge in [0.15, 0.2) is 0 Å². The molecule has 0 bridgehead atoms. The number of para-hydroxylation sites is 1. The van der Waals surface area contributed by atoms with Crippen LogP contribution >= 0.6 is 11.6 Å². The summed E-state index contributed by atoms with van der Waals surface area (Å²) in [6.45, 7) is 0. The lowest BCUT2D eigenvalue weighted by Crippen LogP contribution is -2.13. The molecular formula is C17H12ClFN4O. The van der Waals surface area contributed by atoms with E-state index < -0.39 is 11.7 Å². The van der Waals surface area contributed by atoms with Crippen LogP contribution in [0.2, 0.25) is 5.02 Å². The fourth-order valence-electron chi connectivity index (χ4n) is 1.94. The molecule has 0 saturated carbocycles. The summed E-state index contributed by atoms with van der Waals surface area (Å²) in [4.78, 5) is 20.3. The zero-order valence-corrected chi connectivity index (χ0v) is 13.1. The van der Waals surface area contributed by atoms with Gasteiger partial charge >= 0.3 is 0 Å². The number of benzene rings is 2. The third-order valence-corrected chi connectivity index (χ3v) is 3.41. The number of anilines is 3. The summed E-state index contributed by atoms with van der Waals surface area (Å²) in [7, 11) is 0. The summed E-state index contributed by atoms with van der Waals surface area (Å²) >= 11 is 5.68. The van der Waals surface area contributed by atoms with Crippen molar-refractivity contribution in [1.82, 2.24) is 9.97 Å². The molecule has 1 heterocycles. The van der Waals surface area contributed by atoms with Crippen LogP contribution in [-0.4, -0.2) is 15.9 Å². The minimum atomic E-state index is -0.547. The van der Waals surface area contributed by atoms with Crippen molar-refractivity contribution in [2.24, 2.45) is 0 Å². The highest BCUT2D eigenvalue weighted by atomic mass is 35.5.